The van der Waals surface area contributed by atoms with Gasteiger partial charge >= 0.3 is 5.97 Å². The highest BCUT2D eigenvalue weighted by Gasteiger charge is 2.11. The number of hydrogen-bond donors (Lipinski definition) is 1. The number of ether oxygens (including phenoxy) is 1. The Labute approximate surface area is 131 Å². The molecule has 116 valence electrons. The Morgan fingerprint density at radius 1 is 1.43 bits per heavy atom. The number of rotatable bonds is 9. The van der Waals surface area contributed by atoms with E-state index in [1.807, 2.05) is 0 Å². The normalized spacial score (nSPS) is 12.5. The van der Waals surface area contributed by atoms with Gasteiger partial charge in [-0.25, -0.2) is 4.79 Å². The van der Waals surface area contributed by atoms with Crippen molar-refractivity contribution in [2.75, 3.05) is 6.61 Å². The summed E-state index contributed by atoms with van der Waals surface area (Å²) in [4.78, 5) is 10.6. The van der Waals surface area contributed by atoms with Crippen molar-refractivity contribution in [2.24, 2.45) is 5.92 Å². The third-order valence-corrected chi connectivity index (χ3v) is 3.71. The molecule has 0 aliphatic heterocycles. The highest BCUT2D eigenvalue weighted by atomic mass is 35.5. The van der Waals surface area contributed by atoms with Gasteiger partial charge in [-0.2, -0.15) is 0 Å². The molecule has 0 bridgehead atoms. The number of hydrogen-bond acceptors (Lipinski definition) is 2. The molecule has 4 heteroatoms. The van der Waals surface area contributed by atoms with Gasteiger partial charge in [-0.3, -0.25) is 0 Å². The van der Waals surface area contributed by atoms with E-state index >= 15 is 0 Å². The minimum atomic E-state index is -0.990. The second kappa shape index (κ2) is 9.46. The number of halogens is 1. The van der Waals surface area contributed by atoms with E-state index in [0.717, 1.165) is 18.9 Å². The van der Waals surface area contributed by atoms with Crippen molar-refractivity contribution in [1.82, 2.24) is 0 Å². The first-order chi connectivity index (χ1) is 10.1. The van der Waals surface area contributed by atoms with Crippen LogP contribution < -0.4 is 4.74 Å². The van der Waals surface area contributed by atoms with Crippen molar-refractivity contribution in [2.45, 2.75) is 39.5 Å². The summed E-state index contributed by atoms with van der Waals surface area (Å²) >= 11 is 6.17. The molecule has 0 fully saturated rings. The molecule has 0 radical (unpaired) electrons. The van der Waals surface area contributed by atoms with E-state index in [1.54, 1.807) is 18.2 Å². The van der Waals surface area contributed by atoms with E-state index in [2.05, 4.69) is 13.8 Å². The van der Waals surface area contributed by atoms with E-state index in [-0.39, 0.29) is 0 Å². The van der Waals surface area contributed by atoms with Gasteiger partial charge in [0.2, 0.25) is 0 Å². The highest BCUT2D eigenvalue weighted by molar-refractivity contribution is 6.32. The zero-order valence-electron chi connectivity index (χ0n) is 12.6. The number of carboxylic acid groups (broad SMARTS) is 1. The summed E-state index contributed by atoms with van der Waals surface area (Å²) in [7, 11) is 0. The summed E-state index contributed by atoms with van der Waals surface area (Å²) in [5.74, 6) is 0.0689. The van der Waals surface area contributed by atoms with Crippen LogP contribution in [0, 0.1) is 5.92 Å². The third kappa shape index (κ3) is 6.21. The molecule has 1 unspecified atom stereocenters. The van der Waals surface area contributed by atoms with Crippen LogP contribution in [0.25, 0.3) is 6.08 Å². The molecule has 0 saturated carbocycles. The van der Waals surface area contributed by atoms with E-state index in [9.17, 15) is 4.79 Å². The van der Waals surface area contributed by atoms with Gasteiger partial charge in [0.1, 0.15) is 5.75 Å². The monoisotopic (exact) mass is 310 g/mol. The number of carbonyl (C=O) groups is 1. The summed E-state index contributed by atoms with van der Waals surface area (Å²) in [6.45, 7) is 4.94. The van der Waals surface area contributed by atoms with E-state index < -0.39 is 5.97 Å². The lowest BCUT2D eigenvalue weighted by Crippen LogP contribution is -2.12. The van der Waals surface area contributed by atoms with Crippen molar-refractivity contribution in [1.29, 1.82) is 0 Å². The van der Waals surface area contributed by atoms with Gasteiger partial charge in [-0.15, -0.1) is 0 Å². The lowest BCUT2D eigenvalue weighted by atomic mass is 10.0. The number of benzene rings is 1. The second-order valence-electron chi connectivity index (χ2n) is 5.06. The molecule has 1 aromatic rings. The standard InChI is InChI=1S/C17H23ClO3/c1-3-5-7-13(4-2)12-21-17-14(10-11-16(19)20)8-6-9-15(17)18/h6,8-11,13H,3-5,7,12H2,1-2H3,(H,19,20)/b11-10+. The molecule has 0 aromatic heterocycles. The summed E-state index contributed by atoms with van der Waals surface area (Å²) in [5.41, 5.74) is 0.690. The average Bonchev–Trinajstić information content (AvgIpc) is 2.46. The molecule has 1 atom stereocenters. The van der Waals surface area contributed by atoms with Gasteiger partial charge < -0.3 is 9.84 Å². The summed E-state index contributed by atoms with van der Waals surface area (Å²) in [6, 6.07) is 5.33. The van der Waals surface area contributed by atoms with E-state index in [4.69, 9.17) is 21.4 Å². The van der Waals surface area contributed by atoms with E-state index in [1.165, 1.54) is 18.9 Å². The summed E-state index contributed by atoms with van der Waals surface area (Å²) < 4.78 is 5.87. The average molecular weight is 311 g/mol. The van der Waals surface area contributed by atoms with Crippen LogP contribution in [0.1, 0.15) is 45.1 Å². The molecule has 0 saturated heterocycles. The molecular formula is C17H23ClO3. The van der Waals surface area contributed by atoms with Crippen LogP contribution in [0.5, 0.6) is 5.75 Å². The Bertz CT molecular complexity index is 483. The SMILES string of the molecule is CCCCC(CC)COc1c(Cl)cccc1/C=C/C(=O)O. The Balaban J connectivity index is 2.79. The maximum atomic E-state index is 10.6. The summed E-state index contributed by atoms with van der Waals surface area (Å²) in [6.07, 6.45) is 7.16. The lowest BCUT2D eigenvalue weighted by molar-refractivity contribution is -0.131. The van der Waals surface area contributed by atoms with Crippen LogP contribution in [0.4, 0.5) is 0 Å². The lowest BCUT2D eigenvalue weighted by Gasteiger charge is -2.17. The topological polar surface area (TPSA) is 46.5 Å². The maximum Gasteiger partial charge on any atom is 0.328 e. The number of para-hydroxylation sites is 1. The van der Waals surface area contributed by atoms with Crippen LogP contribution in [0.2, 0.25) is 5.02 Å². The van der Waals surface area contributed by atoms with Gasteiger partial charge in [0.15, 0.2) is 0 Å². The molecule has 0 amide bonds. The molecule has 3 nitrogen and oxygen atoms in total. The number of carboxylic acids is 1. The first-order valence-electron chi connectivity index (χ1n) is 7.40. The highest BCUT2D eigenvalue weighted by Crippen LogP contribution is 2.30. The summed E-state index contributed by atoms with van der Waals surface area (Å²) in [5, 5.41) is 9.23. The molecule has 0 spiro atoms. The zero-order chi connectivity index (χ0) is 15.7. The Morgan fingerprint density at radius 2 is 2.19 bits per heavy atom. The molecule has 0 heterocycles. The van der Waals surface area contributed by atoms with Gasteiger partial charge in [-0.05, 0) is 24.5 Å². The van der Waals surface area contributed by atoms with Crippen LogP contribution >= 0.6 is 11.6 Å². The van der Waals surface area contributed by atoms with Gasteiger partial charge in [0, 0.05) is 11.6 Å². The molecule has 1 aromatic carbocycles. The zero-order valence-corrected chi connectivity index (χ0v) is 13.4. The fraction of sp³-hybridized carbons (Fsp3) is 0.471. The number of aliphatic carboxylic acids is 1. The molecule has 21 heavy (non-hydrogen) atoms. The van der Waals surface area contributed by atoms with Gasteiger partial charge in [0.25, 0.3) is 0 Å². The Hall–Kier alpha value is -1.48. The third-order valence-electron chi connectivity index (χ3n) is 3.41. The van der Waals surface area contributed by atoms with Crippen molar-refractivity contribution in [3.05, 3.63) is 34.9 Å². The minimum Gasteiger partial charge on any atom is -0.491 e. The first kappa shape index (κ1) is 17.6. The Kier molecular flexibility index (Phi) is 7.91. The number of unbranched alkanes of at least 4 members (excludes halogenated alkanes) is 1. The van der Waals surface area contributed by atoms with Crippen LogP contribution in [0.15, 0.2) is 24.3 Å². The Morgan fingerprint density at radius 3 is 2.81 bits per heavy atom. The first-order valence-corrected chi connectivity index (χ1v) is 7.78. The predicted molar refractivity (Wildman–Crippen MR) is 86.9 cm³/mol. The second-order valence-corrected chi connectivity index (χ2v) is 5.46. The largest absolute Gasteiger partial charge is 0.491 e. The molecule has 0 aliphatic rings. The minimum absolute atomic E-state index is 0.498. The molecule has 1 N–H and O–H groups in total. The van der Waals surface area contributed by atoms with Gasteiger partial charge in [-0.1, -0.05) is 56.8 Å². The quantitative estimate of drug-likeness (QED) is 0.650. The van der Waals surface area contributed by atoms with Crippen LogP contribution in [-0.4, -0.2) is 17.7 Å². The fourth-order valence-electron chi connectivity index (χ4n) is 2.07. The van der Waals surface area contributed by atoms with Crippen molar-refractivity contribution < 1.29 is 14.6 Å². The van der Waals surface area contributed by atoms with E-state index in [0.29, 0.717) is 28.9 Å². The van der Waals surface area contributed by atoms with Crippen LogP contribution in [0.3, 0.4) is 0 Å². The fourth-order valence-corrected chi connectivity index (χ4v) is 2.31. The van der Waals surface area contributed by atoms with Crippen LogP contribution in [-0.2, 0) is 4.79 Å². The van der Waals surface area contributed by atoms with Crippen molar-refractivity contribution in [3.63, 3.8) is 0 Å². The van der Waals surface area contributed by atoms with Gasteiger partial charge in [0.05, 0.1) is 11.6 Å². The molecule has 0 aliphatic carbocycles. The molecule has 1 rings (SSSR count). The predicted octanol–water partition coefficient (Wildman–Crippen LogP) is 5.03. The maximum absolute atomic E-state index is 10.6. The smallest absolute Gasteiger partial charge is 0.328 e. The van der Waals surface area contributed by atoms with Crippen molar-refractivity contribution in [3.8, 4) is 5.75 Å². The molecular weight excluding hydrogens is 288 g/mol. The van der Waals surface area contributed by atoms with Crippen molar-refractivity contribution >= 4 is 23.6 Å².